The molecule has 0 aliphatic carbocycles. The van der Waals surface area contributed by atoms with Gasteiger partial charge in [-0.05, 0) is 19.9 Å². The van der Waals surface area contributed by atoms with Crippen LogP contribution in [0.2, 0.25) is 5.02 Å². The van der Waals surface area contributed by atoms with E-state index in [2.05, 4.69) is 0 Å². The number of hydrogen-bond donors (Lipinski definition) is 0. The molecule has 0 atom stereocenters. The summed E-state index contributed by atoms with van der Waals surface area (Å²) < 4.78 is 49.5. The lowest BCUT2D eigenvalue weighted by atomic mass is 10.2. The van der Waals surface area contributed by atoms with Crippen molar-refractivity contribution in [1.29, 1.82) is 0 Å². The van der Waals surface area contributed by atoms with Crippen LogP contribution in [0.4, 0.5) is 8.78 Å². The lowest BCUT2D eigenvalue weighted by molar-refractivity contribution is 0.0772. The summed E-state index contributed by atoms with van der Waals surface area (Å²) in [4.78, 5) is 12.1. The molecule has 1 aromatic carbocycles. The summed E-state index contributed by atoms with van der Waals surface area (Å²) in [5.74, 6) is -3.93. The largest absolute Gasteiger partial charge is 0.339 e. The molecule has 1 amide bonds. The third kappa shape index (κ3) is 3.21. The summed E-state index contributed by atoms with van der Waals surface area (Å²) in [7, 11) is 0.394. The normalized spacial score (nSPS) is 11.5. The van der Waals surface area contributed by atoms with Crippen LogP contribution in [0.25, 0.3) is 0 Å². The van der Waals surface area contributed by atoms with Gasteiger partial charge in [0.1, 0.15) is 4.90 Å². The Labute approximate surface area is 124 Å². The van der Waals surface area contributed by atoms with E-state index in [1.54, 1.807) is 13.8 Å². The summed E-state index contributed by atoms with van der Waals surface area (Å²) >= 11 is 5.71. The van der Waals surface area contributed by atoms with Gasteiger partial charge in [-0.25, -0.2) is 17.2 Å². The van der Waals surface area contributed by atoms with Crippen LogP contribution in [0, 0.1) is 11.6 Å². The summed E-state index contributed by atoms with van der Waals surface area (Å²) in [6.45, 7) is 3.95. The van der Waals surface area contributed by atoms with E-state index in [1.165, 1.54) is 4.90 Å². The second-order valence-electron chi connectivity index (χ2n) is 3.78. The smallest absolute Gasteiger partial charge is 0.265 e. The van der Waals surface area contributed by atoms with Crippen molar-refractivity contribution in [3.05, 3.63) is 28.3 Å². The van der Waals surface area contributed by atoms with Crippen LogP contribution in [-0.4, -0.2) is 32.3 Å². The Morgan fingerprint density at radius 3 is 2.20 bits per heavy atom. The Balaban J connectivity index is 3.60. The predicted octanol–water partition coefficient (Wildman–Crippen LogP) is 3.03. The summed E-state index contributed by atoms with van der Waals surface area (Å²) in [5, 5.41) is -0.726. The van der Waals surface area contributed by atoms with Gasteiger partial charge >= 0.3 is 0 Å². The monoisotopic (exact) mass is 345 g/mol. The van der Waals surface area contributed by atoms with Crippen LogP contribution < -0.4 is 0 Å². The molecule has 0 N–H and O–H groups in total. The molecular formula is C11H11Cl2F2NO3S. The molecule has 0 aliphatic rings. The Morgan fingerprint density at radius 2 is 1.80 bits per heavy atom. The van der Waals surface area contributed by atoms with Gasteiger partial charge in [-0.1, -0.05) is 11.6 Å². The zero-order valence-electron chi connectivity index (χ0n) is 10.6. The first kappa shape index (κ1) is 17.1. The highest BCUT2D eigenvalue weighted by molar-refractivity contribution is 8.13. The lowest BCUT2D eigenvalue weighted by Gasteiger charge is -2.20. The van der Waals surface area contributed by atoms with Gasteiger partial charge in [-0.15, -0.1) is 0 Å². The van der Waals surface area contributed by atoms with Gasteiger partial charge in [0.15, 0.2) is 11.6 Å². The number of hydrogen-bond acceptors (Lipinski definition) is 3. The van der Waals surface area contributed by atoms with Crippen molar-refractivity contribution >= 4 is 37.2 Å². The maximum absolute atomic E-state index is 13.5. The molecule has 0 saturated heterocycles. The number of carbonyl (C=O) groups is 1. The lowest BCUT2D eigenvalue weighted by Crippen LogP contribution is -2.31. The third-order valence-electron chi connectivity index (χ3n) is 2.64. The fourth-order valence-electron chi connectivity index (χ4n) is 1.63. The predicted molar refractivity (Wildman–Crippen MR) is 71.7 cm³/mol. The minimum absolute atomic E-state index is 0.299. The topological polar surface area (TPSA) is 54.5 Å². The van der Waals surface area contributed by atoms with Gasteiger partial charge in [0.25, 0.3) is 15.0 Å². The van der Waals surface area contributed by atoms with Gasteiger partial charge in [0.05, 0.1) is 10.6 Å². The molecule has 4 nitrogen and oxygen atoms in total. The van der Waals surface area contributed by atoms with Crippen LogP contribution in [0.15, 0.2) is 11.0 Å². The zero-order valence-corrected chi connectivity index (χ0v) is 12.9. The molecule has 9 heteroatoms. The Bertz CT molecular complexity index is 646. The van der Waals surface area contributed by atoms with E-state index >= 15 is 0 Å². The maximum Gasteiger partial charge on any atom is 0.265 e. The number of amides is 1. The SMILES string of the molecule is CCN(CC)C(=O)c1cc(F)c(F)c(S(=O)(=O)Cl)c1Cl. The van der Waals surface area contributed by atoms with E-state index in [0.29, 0.717) is 19.2 Å². The van der Waals surface area contributed by atoms with E-state index in [4.69, 9.17) is 22.3 Å². The van der Waals surface area contributed by atoms with Crippen molar-refractivity contribution < 1.29 is 22.0 Å². The first-order valence-electron chi connectivity index (χ1n) is 5.56. The van der Waals surface area contributed by atoms with Crippen LogP contribution in [0.1, 0.15) is 24.2 Å². The molecular weight excluding hydrogens is 335 g/mol. The van der Waals surface area contributed by atoms with Gasteiger partial charge in [0, 0.05) is 23.8 Å². The average Bonchev–Trinajstić information content (AvgIpc) is 2.33. The Morgan fingerprint density at radius 1 is 1.30 bits per heavy atom. The van der Waals surface area contributed by atoms with Crippen molar-refractivity contribution in [2.24, 2.45) is 0 Å². The van der Waals surface area contributed by atoms with Crippen LogP contribution in [0.3, 0.4) is 0 Å². The molecule has 0 aliphatic heterocycles. The number of benzene rings is 1. The molecule has 0 fully saturated rings. The van der Waals surface area contributed by atoms with Crippen LogP contribution in [0.5, 0.6) is 0 Å². The van der Waals surface area contributed by atoms with Crippen LogP contribution >= 0.6 is 22.3 Å². The van der Waals surface area contributed by atoms with E-state index < -0.39 is 42.1 Å². The number of nitrogens with zero attached hydrogens (tertiary/aromatic N) is 1. The molecule has 1 rings (SSSR count). The van der Waals surface area contributed by atoms with E-state index in [9.17, 15) is 22.0 Å². The van der Waals surface area contributed by atoms with E-state index in [0.717, 1.165) is 0 Å². The zero-order chi connectivity index (χ0) is 15.7. The second kappa shape index (κ2) is 6.24. The van der Waals surface area contributed by atoms with Gasteiger partial charge in [0.2, 0.25) is 0 Å². The molecule has 0 radical (unpaired) electrons. The highest BCUT2D eigenvalue weighted by atomic mass is 35.7. The van der Waals surface area contributed by atoms with Gasteiger partial charge in [-0.3, -0.25) is 4.79 Å². The highest BCUT2D eigenvalue weighted by Crippen LogP contribution is 2.33. The summed E-state index contributed by atoms with van der Waals surface area (Å²) in [6.07, 6.45) is 0. The molecule has 0 aromatic heterocycles. The van der Waals surface area contributed by atoms with Gasteiger partial charge in [-0.2, -0.15) is 0 Å². The van der Waals surface area contributed by atoms with Crippen LogP contribution in [-0.2, 0) is 9.05 Å². The summed E-state index contributed by atoms with van der Waals surface area (Å²) in [5.41, 5.74) is -0.450. The fourth-order valence-corrected chi connectivity index (χ4v) is 3.34. The summed E-state index contributed by atoms with van der Waals surface area (Å²) in [6, 6.07) is 0.559. The minimum atomic E-state index is -4.63. The molecule has 112 valence electrons. The van der Waals surface area contributed by atoms with E-state index in [1.807, 2.05) is 0 Å². The van der Waals surface area contributed by atoms with E-state index in [-0.39, 0.29) is 0 Å². The Hall–Kier alpha value is -0.920. The van der Waals surface area contributed by atoms with Crippen molar-refractivity contribution in [2.75, 3.05) is 13.1 Å². The molecule has 0 heterocycles. The molecule has 20 heavy (non-hydrogen) atoms. The standard InChI is InChI=1S/C11H11Cl2F2NO3S/c1-3-16(4-2)11(17)6-5-7(14)9(15)10(8(6)12)20(13,18)19/h5H,3-4H2,1-2H3. The molecule has 0 spiro atoms. The molecule has 1 aromatic rings. The Kier molecular flexibility index (Phi) is 5.34. The quantitative estimate of drug-likeness (QED) is 0.622. The molecule has 0 bridgehead atoms. The number of rotatable bonds is 4. The first-order chi connectivity index (χ1) is 9.15. The third-order valence-corrected chi connectivity index (χ3v) is 4.48. The number of halogens is 4. The van der Waals surface area contributed by atoms with Crippen molar-refractivity contribution in [1.82, 2.24) is 4.90 Å². The van der Waals surface area contributed by atoms with Gasteiger partial charge < -0.3 is 4.90 Å². The fraction of sp³-hybridized carbons (Fsp3) is 0.364. The second-order valence-corrected chi connectivity index (χ2v) is 6.66. The van der Waals surface area contributed by atoms with Crippen molar-refractivity contribution in [2.45, 2.75) is 18.7 Å². The average molecular weight is 346 g/mol. The molecule has 0 saturated carbocycles. The highest BCUT2D eigenvalue weighted by Gasteiger charge is 2.29. The molecule has 0 unspecified atom stereocenters. The number of carbonyl (C=O) groups excluding carboxylic acids is 1. The van der Waals surface area contributed by atoms with Crippen molar-refractivity contribution in [3.8, 4) is 0 Å². The maximum atomic E-state index is 13.5. The van der Waals surface area contributed by atoms with Crippen molar-refractivity contribution in [3.63, 3.8) is 0 Å². The first-order valence-corrected chi connectivity index (χ1v) is 8.25. The minimum Gasteiger partial charge on any atom is -0.339 e.